The maximum absolute atomic E-state index is 13.1. The largest absolute Gasteiger partial charge is 0.459 e. The minimum absolute atomic E-state index is 0.00572. The Morgan fingerprint density at radius 3 is 2.15 bits per heavy atom. The highest BCUT2D eigenvalue weighted by molar-refractivity contribution is 5.77. The van der Waals surface area contributed by atoms with Crippen molar-refractivity contribution in [2.24, 2.45) is 28.6 Å². The molecule has 2 unspecified atom stereocenters. The van der Waals surface area contributed by atoms with Crippen molar-refractivity contribution in [3.63, 3.8) is 0 Å². The highest BCUT2D eigenvalue weighted by Crippen LogP contribution is 2.66. The lowest BCUT2D eigenvalue weighted by Gasteiger charge is -2.64. The second-order valence-electron chi connectivity index (χ2n) is 9.39. The van der Waals surface area contributed by atoms with Gasteiger partial charge in [0.15, 0.2) is 12.4 Å². The number of carbonyl (C=O) groups is 1. The number of hydrogen-bond donors (Lipinski definition) is 2. The van der Waals surface area contributed by atoms with Crippen molar-refractivity contribution in [3.05, 3.63) is 0 Å². The first-order chi connectivity index (χ1) is 12.7. The van der Waals surface area contributed by atoms with E-state index < -0.39 is 35.1 Å². The topological polar surface area (TPSA) is 85.2 Å². The Morgan fingerprint density at radius 1 is 1.11 bits per heavy atom. The summed E-state index contributed by atoms with van der Waals surface area (Å²) >= 11 is 0. The van der Waals surface area contributed by atoms with Crippen LogP contribution in [-0.2, 0) is 19.0 Å². The molecule has 27 heavy (non-hydrogen) atoms. The number of alkyl halides is 2. The summed E-state index contributed by atoms with van der Waals surface area (Å²) in [5.74, 6) is -4.02. The lowest BCUT2D eigenvalue weighted by Crippen LogP contribution is -2.68. The fourth-order valence-corrected chi connectivity index (χ4v) is 5.84. The van der Waals surface area contributed by atoms with Gasteiger partial charge in [-0.2, -0.15) is 0 Å². The molecule has 154 valence electrons. The first kappa shape index (κ1) is 19.5. The standard InChI is InChI=1S/C19H28F2O6/c1-16(20,21)9-25-15(24)18-4-12-2-13(5-18)19(14(3-12)6-18)26-10-17(7-22,8-23)11-27-19/h12-14,22-23H,2-11H2,1H3. The first-order valence-electron chi connectivity index (χ1n) is 9.71. The van der Waals surface area contributed by atoms with Crippen LogP contribution in [0.4, 0.5) is 8.78 Å². The van der Waals surface area contributed by atoms with Gasteiger partial charge in [-0.3, -0.25) is 4.79 Å². The van der Waals surface area contributed by atoms with Crippen molar-refractivity contribution >= 4 is 5.97 Å². The van der Waals surface area contributed by atoms with Crippen molar-refractivity contribution in [1.82, 2.24) is 0 Å². The first-order valence-corrected chi connectivity index (χ1v) is 9.71. The van der Waals surface area contributed by atoms with Crippen molar-refractivity contribution in [3.8, 4) is 0 Å². The number of carbonyl (C=O) groups excluding carboxylic acids is 1. The molecule has 0 amide bonds. The maximum atomic E-state index is 13.1. The molecule has 0 aromatic rings. The predicted molar refractivity (Wildman–Crippen MR) is 88.8 cm³/mol. The third-order valence-electron chi connectivity index (χ3n) is 7.10. The van der Waals surface area contributed by atoms with Gasteiger partial charge in [0.2, 0.25) is 0 Å². The molecule has 6 nitrogen and oxygen atoms in total. The van der Waals surface area contributed by atoms with Gasteiger partial charge in [0.25, 0.3) is 5.92 Å². The Morgan fingerprint density at radius 2 is 1.67 bits per heavy atom. The summed E-state index contributed by atoms with van der Waals surface area (Å²) in [4.78, 5) is 12.7. The highest BCUT2D eigenvalue weighted by atomic mass is 19.3. The van der Waals surface area contributed by atoms with Gasteiger partial charge in [0.1, 0.15) is 0 Å². The Kier molecular flexibility index (Phi) is 4.57. The maximum Gasteiger partial charge on any atom is 0.312 e. The summed E-state index contributed by atoms with van der Waals surface area (Å²) in [6, 6.07) is 0. The van der Waals surface area contributed by atoms with Crippen molar-refractivity contribution in [2.45, 2.75) is 50.7 Å². The quantitative estimate of drug-likeness (QED) is 0.696. The summed E-state index contributed by atoms with van der Waals surface area (Å²) in [7, 11) is 0. The van der Waals surface area contributed by atoms with E-state index in [1.807, 2.05) is 0 Å². The van der Waals surface area contributed by atoms with Crippen LogP contribution in [0.3, 0.4) is 0 Å². The molecule has 1 spiro atoms. The van der Waals surface area contributed by atoms with Gasteiger partial charge in [0, 0.05) is 18.8 Å². The molecule has 4 aliphatic carbocycles. The summed E-state index contributed by atoms with van der Waals surface area (Å²) < 4.78 is 43.6. The Hall–Kier alpha value is -0.830. The molecule has 1 saturated heterocycles. The van der Waals surface area contributed by atoms with Crippen molar-refractivity contribution in [2.75, 3.05) is 33.0 Å². The minimum Gasteiger partial charge on any atom is -0.459 e. The lowest BCUT2D eigenvalue weighted by atomic mass is 9.47. The fraction of sp³-hybridized carbons (Fsp3) is 0.947. The molecule has 4 bridgehead atoms. The molecule has 5 fully saturated rings. The molecule has 0 aromatic heterocycles. The van der Waals surface area contributed by atoms with E-state index in [1.165, 1.54) is 0 Å². The zero-order chi connectivity index (χ0) is 19.5. The van der Waals surface area contributed by atoms with Crippen LogP contribution >= 0.6 is 0 Å². The van der Waals surface area contributed by atoms with Crippen molar-refractivity contribution in [1.29, 1.82) is 0 Å². The normalized spacial score (nSPS) is 38.9. The van der Waals surface area contributed by atoms with Crippen LogP contribution in [0.1, 0.15) is 39.0 Å². The number of hydrogen-bond acceptors (Lipinski definition) is 6. The number of aliphatic hydroxyl groups excluding tert-OH is 2. The van der Waals surface area contributed by atoms with Gasteiger partial charge < -0.3 is 24.4 Å². The van der Waals surface area contributed by atoms with Gasteiger partial charge in [-0.15, -0.1) is 0 Å². The third kappa shape index (κ3) is 3.09. The average molecular weight is 390 g/mol. The Bertz CT molecular complexity index is 571. The molecule has 5 aliphatic rings. The SMILES string of the molecule is CC(F)(F)COC(=O)C12CC3CC(C1)C1(OCC(CO)(CO)CO1)C(C3)C2. The average Bonchev–Trinajstić information content (AvgIpc) is 2.63. The fourth-order valence-electron chi connectivity index (χ4n) is 5.84. The van der Waals surface area contributed by atoms with Crippen LogP contribution in [0.15, 0.2) is 0 Å². The number of rotatable bonds is 5. The molecule has 4 saturated carbocycles. The van der Waals surface area contributed by atoms with E-state index in [1.54, 1.807) is 0 Å². The highest BCUT2D eigenvalue weighted by Gasteiger charge is 2.68. The number of halogens is 2. The van der Waals surface area contributed by atoms with E-state index in [9.17, 15) is 23.8 Å². The van der Waals surface area contributed by atoms with E-state index in [0.717, 1.165) is 19.8 Å². The number of aliphatic hydroxyl groups is 2. The molecule has 2 atom stereocenters. The molecule has 0 aromatic carbocycles. The molecule has 1 heterocycles. The molecule has 2 N–H and O–H groups in total. The van der Waals surface area contributed by atoms with Crippen LogP contribution < -0.4 is 0 Å². The molecular weight excluding hydrogens is 362 g/mol. The summed E-state index contributed by atoms with van der Waals surface area (Å²) in [5, 5.41) is 19.2. The van der Waals surface area contributed by atoms with Gasteiger partial charge in [0.05, 0.1) is 37.3 Å². The van der Waals surface area contributed by atoms with E-state index in [-0.39, 0.29) is 38.3 Å². The number of esters is 1. The minimum atomic E-state index is -3.04. The van der Waals surface area contributed by atoms with Crippen LogP contribution in [-0.4, -0.2) is 60.9 Å². The van der Waals surface area contributed by atoms with Crippen LogP contribution in [0.5, 0.6) is 0 Å². The molecule has 8 heteroatoms. The zero-order valence-electron chi connectivity index (χ0n) is 15.6. The van der Waals surface area contributed by atoms with Crippen LogP contribution in [0, 0.1) is 28.6 Å². The Balaban J connectivity index is 1.51. The van der Waals surface area contributed by atoms with Gasteiger partial charge in [-0.05, 0) is 38.0 Å². The van der Waals surface area contributed by atoms with Crippen LogP contribution in [0.25, 0.3) is 0 Å². The number of ether oxygens (including phenoxy) is 3. The monoisotopic (exact) mass is 390 g/mol. The molecular formula is C19H28F2O6. The van der Waals surface area contributed by atoms with E-state index in [0.29, 0.717) is 25.2 Å². The molecule has 0 radical (unpaired) electrons. The predicted octanol–water partition coefficient (Wildman–Crippen LogP) is 1.73. The van der Waals surface area contributed by atoms with Crippen LogP contribution in [0.2, 0.25) is 0 Å². The van der Waals surface area contributed by atoms with Crippen molar-refractivity contribution < 1.29 is 38.0 Å². The van der Waals surface area contributed by atoms with E-state index in [4.69, 9.17) is 14.2 Å². The zero-order valence-corrected chi connectivity index (χ0v) is 15.6. The van der Waals surface area contributed by atoms with Gasteiger partial charge >= 0.3 is 5.97 Å². The van der Waals surface area contributed by atoms with Gasteiger partial charge in [-0.1, -0.05) is 0 Å². The van der Waals surface area contributed by atoms with Gasteiger partial charge in [-0.25, -0.2) is 8.78 Å². The summed E-state index contributed by atoms with van der Waals surface area (Å²) in [6.07, 6.45) is 3.46. The van der Waals surface area contributed by atoms with E-state index in [2.05, 4.69) is 0 Å². The second kappa shape index (κ2) is 6.34. The Labute approximate surface area is 157 Å². The third-order valence-corrected chi connectivity index (χ3v) is 7.10. The second-order valence-corrected chi connectivity index (χ2v) is 9.39. The molecule has 1 aliphatic heterocycles. The summed E-state index contributed by atoms with van der Waals surface area (Å²) in [6.45, 7) is -0.180. The van der Waals surface area contributed by atoms with E-state index >= 15 is 0 Å². The lowest BCUT2D eigenvalue weighted by molar-refractivity contribution is -0.391. The molecule has 5 rings (SSSR count). The smallest absolute Gasteiger partial charge is 0.312 e. The summed E-state index contributed by atoms with van der Waals surface area (Å²) in [5.41, 5.74) is -1.52.